The lowest BCUT2D eigenvalue weighted by atomic mass is 9.78. The van der Waals surface area contributed by atoms with Gasteiger partial charge in [-0.2, -0.15) is 0 Å². The second-order valence-electron chi connectivity index (χ2n) is 9.57. The van der Waals surface area contributed by atoms with Gasteiger partial charge in [-0.1, -0.05) is 164 Å². The highest BCUT2D eigenvalue weighted by molar-refractivity contribution is 4.73. The summed E-state index contributed by atoms with van der Waals surface area (Å²) in [4.78, 5) is 0. The lowest BCUT2D eigenvalue weighted by Gasteiger charge is -2.28. The van der Waals surface area contributed by atoms with Crippen molar-refractivity contribution in [2.45, 2.75) is 170 Å². The van der Waals surface area contributed by atoms with Crippen molar-refractivity contribution < 1.29 is 0 Å². The molecule has 0 radical (unpaired) electrons. The molecular weight excluding hydrogens is 348 g/mol. The van der Waals surface area contributed by atoms with Crippen molar-refractivity contribution in [1.82, 2.24) is 0 Å². The average molecular weight is 411 g/mol. The monoisotopic (exact) mass is 410 g/mol. The minimum Gasteiger partial charge on any atom is -0.0683 e. The van der Waals surface area contributed by atoms with E-state index < -0.39 is 0 Å². The van der Waals surface area contributed by atoms with E-state index in [-0.39, 0.29) is 0 Å². The van der Waals surface area contributed by atoms with Gasteiger partial charge in [0.2, 0.25) is 0 Å². The molecule has 0 amide bonds. The maximum Gasteiger partial charge on any atom is -0.0412 e. The quantitative estimate of drug-likeness (QED) is 0.434. The summed E-state index contributed by atoms with van der Waals surface area (Å²) < 4.78 is 0. The third-order valence-corrected chi connectivity index (χ3v) is 6.42. The number of rotatable bonds is 3. The normalized spacial score (nSPS) is 20.4. The minimum atomic E-state index is 1.09. The first-order valence-corrected chi connectivity index (χ1v) is 14.2. The van der Waals surface area contributed by atoms with Crippen molar-refractivity contribution in [2.24, 2.45) is 17.8 Å². The van der Waals surface area contributed by atoms with Crippen molar-refractivity contribution >= 4 is 0 Å². The standard InChI is InChI=1S/C13H24.C8H16.2C3H8.C2H6/c1-3-7-12(8-4-1)11-13-9-5-2-6-10-13;1-2-8-6-4-3-5-7-8;2*1-3-2;1-2/h12-13H,1-11H2;8H,2-7H2,1H3;2*3H2,1-2H3;1-2H3. The van der Waals surface area contributed by atoms with E-state index in [1.54, 1.807) is 32.1 Å². The van der Waals surface area contributed by atoms with Gasteiger partial charge in [0, 0.05) is 0 Å². The van der Waals surface area contributed by atoms with Gasteiger partial charge in [-0.25, -0.2) is 0 Å². The molecule has 3 saturated carbocycles. The zero-order valence-corrected chi connectivity index (χ0v) is 22.2. The Morgan fingerprint density at radius 3 is 0.862 bits per heavy atom. The molecule has 0 nitrogen and oxygen atoms in total. The predicted octanol–water partition coefficient (Wildman–Crippen LogP) is 11.4. The highest BCUT2D eigenvalue weighted by Gasteiger charge is 2.20. The fraction of sp³-hybridized carbons (Fsp3) is 1.00. The van der Waals surface area contributed by atoms with Crippen LogP contribution in [0.1, 0.15) is 170 Å². The Bertz CT molecular complexity index is 233. The van der Waals surface area contributed by atoms with E-state index in [1.165, 1.54) is 89.9 Å². The molecule has 0 heteroatoms. The third kappa shape index (κ3) is 21.0. The molecule has 0 aromatic carbocycles. The Balaban J connectivity index is 0. The summed E-state index contributed by atoms with van der Waals surface area (Å²) in [7, 11) is 0. The second-order valence-corrected chi connectivity index (χ2v) is 9.57. The Labute approximate surface area is 188 Å². The molecule has 29 heavy (non-hydrogen) atoms. The summed E-state index contributed by atoms with van der Waals surface area (Å²) >= 11 is 0. The first-order valence-electron chi connectivity index (χ1n) is 14.2. The van der Waals surface area contributed by atoms with Gasteiger partial charge in [0.25, 0.3) is 0 Å². The SMILES string of the molecule is C1CCC(CC2CCCCC2)CC1.CC.CCC.CCC.CCC1CCCCC1. The van der Waals surface area contributed by atoms with E-state index in [4.69, 9.17) is 0 Å². The van der Waals surface area contributed by atoms with Crippen LogP contribution in [0, 0.1) is 17.8 Å². The Morgan fingerprint density at radius 2 is 0.655 bits per heavy atom. The van der Waals surface area contributed by atoms with Crippen LogP contribution in [-0.4, -0.2) is 0 Å². The summed E-state index contributed by atoms with van der Waals surface area (Å²) in [6.45, 7) is 14.8. The lowest BCUT2D eigenvalue weighted by Crippen LogP contribution is -2.14. The van der Waals surface area contributed by atoms with Crippen LogP contribution in [-0.2, 0) is 0 Å². The Hall–Kier alpha value is 0. The smallest absolute Gasteiger partial charge is 0.0412 e. The Morgan fingerprint density at radius 1 is 0.414 bits per heavy atom. The molecule has 0 spiro atoms. The van der Waals surface area contributed by atoms with E-state index in [1.807, 2.05) is 13.8 Å². The molecule has 0 saturated heterocycles. The van der Waals surface area contributed by atoms with Crippen LogP contribution < -0.4 is 0 Å². The Kier molecular flexibility index (Phi) is 28.0. The zero-order chi connectivity index (χ0) is 22.2. The van der Waals surface area contributed by atoms with Crippen molar-refractivity contribution in [1.29, 1.82) is 0 Å². The molecule has 3 aliphatic carbocycles. The molecule has 3 fully saturated rings. The number of hydrogen-bond donors (Lipinski definition) is 0. The predicted molar refractivity (Wildman–Crippen MR) is 138 cm³/mol. The van der Waals surface area contributed by atoms with E-state index in [0.29, 0.717) is 0 Å². The fourth-order valence-electron chi connectivity index (χ4n) is 4.91. The van der Waals surface area contributed by atoms with E-state index in [9.17, 15) is 0 Å². The second kappa shape index (κ2) is 26.0. The molecule has 3 aliphatic rings. The van der Waals surface area contributed by atoms with Crippen molar-refractivity contribution in [3.05, 3.63) is 0 Å². The molecule has 3 rings (SSSR count). The van der Waals surface area contributed by atoms with Crippen LogP contribution in [0.15, 0.2) is 0 Å². The third-order valence-electron chi connectivity index (χ3n) is 6.42. The van der Waals surface area contributed by atoms with Crippen LogP contribution in [0.25, 0.3) is 0 Å². The molecule has 0 atom stereocenters. The van der Waals surface area contributed by atoms with Gasteiger partial charge in [-0.05, 0) is 24.2 Å². The summed E-state index contributed by atoms with van der Waals surface area (Å²) in [6.07, 6.45) is 28.4. The van der Waals surface area contributed by atoms with Gasteiger partial charge in [-0.3, -0.25) is 0 Å². The van der Waals surface area contributed by atoms with Crippen LogP contribution >= 0.6 is 0 Å². The highest BCUT2D eigenvalue weighted by Crippen LogP contribution is 2.34. The molecule has 0 aliphatic heterocycles. The largest absolute Gasteiger partial charge is 0.0683 e. The van der Waals surface area contributed by atoms with Crippen LogP contribution in [0.3, 0.4) is 0 Å². The van der Waals surface area contributed by atoms with Crippen molar-refractivity contribution in [3.63, 3.8) is 0 Å². The first-order chi connectivity index (χ1) is 14.2. The highest BCUT2D eigenvalue weighted by atomic mass is 14.3. The van der Waals surface area contributed by atoms with Crippen molar-refractivity contribution in [2.75, 3.05) is 0 Å². The van der Waals surface area contributed by atoms with Gasteiger partial charge < -0.3 is 0 Å². The fourth-order valence-corrected chi connectivity index (χ4v) is 4.91. The van der Waals surface area contributed by atoms with E-state index in [0.717, 1.165) is 17.8 Å². The number of hydrogen-bond acceptors (Lipinski definition) is 0. The van der Waals surface area contributed by atoms with Gasteiger partial charge in [0.05, 0.1) is 0 Å². The van der Waals surface area contributed by atoms with Gasteiger partial charge in [0.15, 0.2) is 0 Å². The zero-order valence-electron chi connectivity index (χ0n) is 22.2. The van der Waals surface area contributed by atoms with E-state index >= 15 is 0 Å². The maximum absolute atomic E-state index is 2.32. The summed E-state index contributed by atoms with van der Waals surface area (Å²) in [6, 6.07) is 0. The minimum absolute atomic E-state index is 1.09. The maximum atomic E-state index is 2.32. The molecule has 0 unspecified atom stereocenters. The van der Waals surface area contributed by atoms with Crippen molar-refractivity contribution in [3.8, 4) is 0 Å². The van der Waals surface area contributed by atoms with Crippen LogP contribution in [0.2, 0.25) is 0 Å². The van der Waals surface area contributed by atoms with E-state index in [2.05, 4.69) is 34.6 Å². The summed E-state index contributed by atoms with van der Waals surface area (Å²) in [5, 5.41) is 0. The van der Waals surface area contributed by atoms with Gasteiger partial charge >= 0.3 is 0 Å². The molecule has 0 N–H and O–H groups in total. The molecule has 178 valence electrons. The molecular formula is C29H62. The molecule has 0 aromatic heterocycles. The van der Waals surface area contributed by atoms with Crippen LogP contribution in [0.4, 0.5) is 0 Å². The summed E-state index contributed by atoms with van der Waals surface area (Å²) in [5.74, 6) is 3.33. The summed E-state index contributed by atoms with van der Waals surface area (Å²) in [5.41, 5.74) is 0. The van der Waals surface area contributed by atoms with Gasteiger partial charge in [0.1, 0.15) is 0 Å². The molecule has 0 aromatic rings. The van der Waals surface area contributed by atoms with Crippen LogP contribution in [0.5, 0.6) is 0 Å². The first kappa shape index (κ1) is 31.2. The average Bonchev–Trinajstić information content (AvgIpc) is 2.79. The molecule has 0 heterocycles. The van der Waals surface area contributed by atoms with Gasteiger partial charge in [-0.15, -0.1) is 0 Å². The lowest BCUT2D eigenvalue weighted by molar-refractivity contribution is 0.244. The molecule has 0 bridgehead atoms. The topological polar surface area (TPSA) is 0 Å².